The van der Waals surface area contributed by atoms with Crippen LogP contribution in [0.4, 0.5) is 20.2 Å². The number of rotatable bonds is 6. The van der Waals surface area contributed by atoms with Gasteiger partial charge in [0.15, 0.2) is 0 Å². The summed E-state index contributed by atoms with van der Waals surface area (Å²) in [4.78, 5) is 28.5. The molecule has 1 heterocycles. The van der Waals surface area contributed by atoms with Crippen LogP contribution >= 0.6 is 0 Å². The van der Waals surface area contributed by atoms with E-state index in [1.54, 1.807) is 0 Å². The van der Waals surface area contributed by atoms with Crippen molar-refractivity contribution in [1.29, 1.82) is 0 Å². The second-order valence-electron chi connectivity index (χ2n) is 7.54. The Balaban J connectivity index is 1.43. The highest BCUT2D eigenvalue weighted by atomic mass is 19.1. The third-order valence-corrected chi connectivity index (χ3v) is 5.15. The fourth-order valence-electron chi connectivity index (χ4n) is 3.48. The summed E-state index contributed by atoms with van der Waals surface area (Å²) in [5.41, 5.74) is 2.86. The molecule has 2 amide bonds. The van der Waals surface area contributed by atoms with Gasteiger partial charge in [-0.25, -0.2) is 8.78 Å². The van der Waals surface area contributed by atoms with Gasteiger partial charge >= 0.3 is 0 Å². The van der Waals surface area contributed by atoms with Crippen LogP contribution < -0.4 is 10.6 Å². The van der Waals surface area contributed by atoms with Gasteiger partial charge in [-0.05, 0) is 37.1 Å². The van der Waals surface area contributed by atoms with Gasteiger partial charge in [0, 0.05) is 37.9 Å². The lowest BCUT2D eigenvalue weighted by molar-refractivity contribution is -0.120. The molecule has 0 aliphatic carbocycles. The normalized spacial score (nSPS) is 15.1. The van der Waals surface area contributed by atoms with Crippen molar-refractivity contribution in [2.24, 2.45) is 0 Å². The molecule has 0 atom stereocenters. The van der Waals surface area contributed by atoms with Gasteiger partial charge in [-0.1, -0.05) is 18.2 Å². The summed E-state index contributed by atoms with van der Waals surface area (Å²) in [7, 11) is 0. The summed E-state index contributed by atoms with van der Waals surface area (Å²) in [5, 5.41) is 5.45. The Kier molecular flexibility index (Phi) is 7.12. The Bertz CT molecular complexity index is 907. The zero-order valence-electron chi connectivity index (χ0n) is 17.2. The van der Waals surface area contributed by atoms with Gasteiger partial charge in [-0.3, -0.25) is 19.4 Å². The summed E-state index contributed by atoms with van der Waals surface area (Å²) in [6, 6.07) is 8.92. The number of anilines is 2. The molecule has 1 aliphatic heterocycles. The summed E-state index contributed by atoms with van der Waals surface area (Å²) >= 11 is 0. The molecule has 0 aromatic heterocycles. The Labute approximate surface area is 174 Å². The predicted octanol–water partition coefficient (Wildman–Crippen LogP) is 2.78. The van der Waals surface area contributed by atoms with Crippen molar-refractivity contribution < 1.29 is 18.4 Å². The molecule has 0 spiro atoms. The minimum Gasteiger partial charge on any atom is -0.324 e. The van der Waals surface area contributed by atoms with Crippen LogP contribution in [-0.2, 0) is 9.59 Å². The Morgan fingerprint density at radius 1 is 0.867 bits per heavy atom. The number of amides is 2. The number of halogens is 2. The van der Waals surface area contributed by atoms with E-state index >= 15 is 0 Å². The van der Waals surface area contributed by atoms with E-state index in [-0.39, 0.29) is 30.6 Å². The molecule has 0 saturated carbocycles. The number of para-hydroxylation sites is 1. The summed E-state index contributed by atoms with van der Waals surface area (Å²) < 4.78 is 26.6. The molecule has 1 aliphatic rings. The van der Waals surface area contributed by atoms with Crippen LogP contribution in [0.2, 0.25) is 0 Å². The second kappa shape index (κ2) is 9.77. The fourth-order valence-corrected chi connectivity index (χ4v) is 3.48. The lowest BCUT2D eigenvalue weighted by atomic mass is 10.1. The van der Waals surface area contributed by atoms with Gasteiger partial charge < -0.3 is 10.6 Å². The number of benzene rings is 2. The molecular weight excluding hydrogens is 390 g/mol. The monoisotopic (exact) mass is 416 g/mol. The predicted molar refractivity (Wildman–Crippen MR) is 112 cm³/mol. The van der Waals surface area contributed by atoms with E-state index in [2.05, 4.69) is 10.6 Å². The summed E-state index contributed by atoms with van der Waals surface area (Å²) in [6.07, 6.45) is 0. The van der Waals surface area contributed by atoms with Crippen molar-refractivity contribution >= 4 is 23.2 Å². The molecular formula is C22H26F2N4O2. The van der Waals surface area contributed by atoms with Crippen molar-refractivity contribution in [3.05, 3.63) is 59.2 Å². The number of hydrogen-bond acceptors (Lipinski definition) is 4. The molecule has 2 N–H and O–H groups in total. The highest BCUT2D eigenvalue weighted by Crippen LogP contribution is 2.19. The average Bonchev–Trinajstić information content (AvgIpc) is 2.69. The molecule has 3 rings (SSSR count). The molecule has 2 aromatic carbocycles. The van der Waals surface area contributed by atoms with Crippen molar-refractivity contribution in [3.8, 4) is 0 Å². The maximum Gasteiger partial charge on any atom is 0.238 e. The lowest BCUT2D eigenvalue weighted by Gasteiger charge is -2.33. The lowest BCUT2D eigenvalue weighted by Crippen LogP contribution is -2.50. The van der Waals surface area contributed by atoms with Crippen LogP contribution in [0.25, 0.3) is 0 Å². The third-order valence-electron chi connectivity index (χ3n) is 5.15. The van der Waals surface area contributed by atoms with Gasteiger partial charge in [-0.2, -0.15) is 0 Å². The van der Waals surface area contributed by atoms with E-state index < -0.39 is 11.6 Å². The van der Waals surface area contributed by atoms with E-state index in [9.17, 15) is 18.4 Å². The van der Waals surface area contributed by atoms with Gasteiger partial charge in [-0.15, -0.1) is 0 Å². The zero-order chi connectivity index (χ0) is 21.7. The first-order chi connectivity index (χ1) is 14.3. The first-order valence-electron chi connectivity index (χ1n) is 9.87. The third kappa shape index (κ3) is 5.84. The molecule has 0 bridgehead atoms. The van der Waals surface area contributed by atoms with Crippen LogP contribution in [0.3, 0.4) is 0 Å². The van der Waals surface area contributed by atoms with Crippen LogP contribution in [0.15, 0.2) is 36.4 Å². The highest BCUT2D eigenvalue weighted by molar-refractivity contribution is 5.94. The smallest absolute Gasteiger partial charge is 0.238 e. The zero-order valence-corrected chi connectivity index (χ0v) is 17.2. The van der Waals surface area contributed by atoms with Crippen LogP contribution in [0.1, 0.15) is 11.1 Å². The summed E-state index contributed by atoms with van der Waals surface area (Å²) in [6.45, 7) is 6.87. The van der Waals surface area contributed by atoms with Gasteiger partial charge in [0.2, 0.25) is 11.8 Å². The molecule has 0 unspecified atom stereocenters. The number of carbonyl (C=O) groups is 2. The van der Waals surface area contributed by atoms with E-state index in [1.807, 2.05) is 41.8 Å². The van der Waals surface area contributed by atoms with Gasteiger partial charge in [0.05, 0.1) is 18.8 Å². The van der Waals surface area contributed by atoms with Crippen LogP contribution in [-0.4, -0.2) is 60.9 Å². The molecule has 1 saturated heterocycles. The molecule has 6 nitrogen and oxygen atoms in total. The van der Waals surface area contributed by atoms with Crippen molar-refractivity contribution in [2.45, 2.75) is 13.8 Å². The first kappa shape index (κ1) is 21.9. The minimum atomic E-state index is -0.803. The van der Waals surface area contributed by atoms with E-state index in [1.165, 1.54) is 6.07 Å². The van der Waals surface area contributed by atoms with Crippen LogP contribution in [0.5, 0.6) is 0 Å². The highest BCUT2D eigenvalue weighted by Gasteiger charge is 2.21. The first-order valence-corrected chi connectivity index (χ1v) is 9.87. The standard InChI is InChI=1S/C22H26F2N4O2/c1-15-4-3-5-16(2)22(15)26-21(30)14-28-10-8-27(9-11-28)13-20(29)25-19-7-6-17(23)12-18(19)24/h3-7,12H,8-11,13-14H2,1-2H3,(H,25,29)(H,26,30). The largest absolute Gasteiger partial charge is 0.324 e. The van der Waals surface area contributed by atoms with E-state index in [4.69, 9.17) is 0 Å². The Morgan fingerprint density at radius 2 is 1.40 bits per heavy atom. The number of hydrogen-bond donors (Lipinski definition) is 2. The van der Waals surface area contributed by atoms with E-state index in [0.29, 0.717) is 26.2 Å². The topological polar surface area (TPSA) is 64.7 Å². The average molecular weight is 416 g/mol. The number of piperazine rings is 1. The summed E-state index contributed by atoms with van der Waals surface area (Å²) in [5.74, 6) is -1.92. The van der Waals surface area contributed by atoms with Gasteiger partial charge in [0.1, 0.15) is 11.6 Å². The van der Waals surface area contributed by atoms with Crippen LogP contribution in [0, 0.1) is 25.5 Å². The number of nitrogens with zero attached hydrogens (tertiary/aromatic N) is 2. The fraction of sp³-hybridized carbons (Fsp3) is 0.364. The maximum atomic E-state index is 13.7. The second-order valence-corrected chi connectivity index (χ2v) is 7.54. The Hall–Kier alpha value is -2.84. The molecule has 160 valence electrons. The minimum absolute atomic E-state index is 0.0387. The van der Waals surface area contributed by atoms with E-state index in [0.717, 1.165) is 28.9 Å². The number of carbonyl (C=O) groups excluding carboxylic acids is 2. The Morgan fingerprint density at radius 3 is 1.93 bits per heavy atom. The van der Waals surface area contributed by atoms with Gasteiger partial charge in [0.25, 0.3) is 0 Å². The van der Waals surface area contributed by atoms with Crippen molar-refractivity contribution in [1.82, 2.24) is 9.80 Å². The number of aryl methyl sites for hydroxylation is 2. The molecule has 2 aromatic rings. The number of nitrogens with one attached hydrogen (secondary N) is 2. The maximum absolute atomic E-state index is 13.7. The molecule has 1 fully saturated rings. The molecule has 0 radical (unpaired) electrons. The SMILES string of the molecule is Cc1cccc(C)c1NC(=O)CN1CCN(CC(=O)Nc2ccc(F)cc2F)CC1. The quantitative estimate of drug-likeness (QED) is 0.760. The van der Waals surface area contributed by atoms with Crippen molar-refractivity contribution in [3.63, 3.8) is 0 Å². The van der Waals surface area contributed by atoms with Crippen molar-refractivity contribution in [2.75, 3.05) is 49.9 Å². The molecule has 30 heavy (non-hydrogen) atoms. The molecule has 8 heteroatoms.